The maximum atomic E-state index is 13.0. The lowest BCUT2D eigenvalue weighted by Gasteiger charge is -2.46. The third kappa shape index (κ3) is 5.42. The molecule has 5 aromatic rings. The first kappa shape index (κ1) is 31.5. The third-order valence-corrected chi connectivity index (χ3v) is 14.7. The highest BCUT2D eigenvalue weighted by atomic mass is 28.4. The van der Waals surface area contributed by atoms with Crippen LogP contribution in [0.4, 0.5) is 0 Å². The van der Waals surface area contributed by atoms with Gasteiger partial charge >= 0.3 is 5.69 Å². The summed E-state index contributed by atoms with van der Waals surface area (Å²) >= 11 is 0. The predicted octanol–water partition coefficient (Wildman–Crippen LogP) is 4.91. The van der Waals surface area contributed by atoms with Crippen molar-refractivity contribution in [1.82, 2.24) is 9.55 Å². The molecule has 2 fully saturated rings. The van der Waals surface area contributed by atoms with Gasteiger partial charge in [0.05, 0.1) is 19.3 Å². The van der Waals surface area contributed by atoms with Crippen LogP contribution in [0.15, 0.2) is 125 Å². The fourth-order valence-corrected chi connectivity index (χ4v) is 12.0. The number of fused-ring (bicyclic) bond motifs is 3. The average Bonchev–Trinajstić information content (AvgIpc) is 3.51. The van der Waals surface area contributed by atoms with Crippen molar-refractivity contribution in [2.45, 2.75) is 69.5 Å². The van der Waals surface area contributed by atoms with E-state index in [1.165, 1.54) is 16.8 Å². The molecule has 4 aromatic carbocycles. The normalized spacial score (nSPS) is 24.2. The summed E-state index contributed by atoms with van der Waals surface area (Å²) in [6, 6.07) is 36.8. The number of nitrogens with zero attached hydrogens (tertiary/aromatic N) is 1. The van der Waals surface area contributed by atoms with Crippen molar-refractivity contribution in [2.75, 3.05) is 6.61 Å². The molecule has 5 atom stereocenters. The largest absolute Gasteiger partial charge is 0.404 e. The summed E-state index contributed by atoms with van der Waals surface area (Å²) in [5.41, 5.74) is -1.07. The minimum absolute atomic E-state index is 0.176. The molecule has 0 spiro atoms. The molecule has 242 valence electrons. The van der Waals surface area contributed by atoms with E-state index in [1.54, 1.807) is 0 Å². The van der Waals surface area contributed by atoms with Gasteiger partial charge in [-0.2, -0.15) is 0 Å². The lowest BCUT2D eigenvalue weighted by molar-refractivity contribution is -0.218. The van der Waals surface area contributed by atoms with Gasteiger partial charge < -0.3 is 18.6 Å². The van der Waals surface area contributed by atoms with Crippen LogP contribution in [0.3, 0.4) is 0 Å². The number of benzene rings is 4. The highest BCUT2D eigenvalue weighted by Crippen LogP contribution is 2.51. The molecule has 2 saturated heterocycles. The summed E-state index contributed by atoms with van der Waals surface area (Å²) < 4.78 is 29.1. The van der Waals surface area contributed by atoms with Crippen LogP contribution < -0.4 is 21.6 Å². The van der Waals surface area contributed by atoms with E-state index in [1.807, 2.05) is 31.2 Å². The van der Waals surface area contributed by atoms with Crippen molar-refractivity contribution >= 4 is 29.5 Å². The van der Waals surface area contributed by atoms with Gasteiger partial charge in [-0.15, -0.1) is 0 Å². The number of aromatic nitrogens is 2. The Labute approximate surface area is 275 Å². The summed E-state index contributed by atoms with van der Waals surface area (Å²) in [5.74, 6) is 0. The Hall–Kier alpha value is -4.12. The predicted molar refractivity (Wildman–Crippen MR) is 185 cm³/mol. The fourth-order valence-electron chi connectivity index (χ4n) is 7.41. The molecule has 2 bridgehead atoms. The van der Waals surface area contributed by atoms with Crippen LogP contribution in [0.2, 0.25) is 5.04 Å². The van der Waals surface area contributed by atoms with Crippen molar-refractivity contribution in [1.29, 1.82) is 0 Å². The molecule has 3 heterocycles. The van der Waals surface area contributed by atoms with Crippen LogP contribution in [0.25, 0.3) is 10.8 Å². The van der Waals surface area contributed by atoms with Gasteiger partial charge in [0, 0.05) is 12.3 Å². The van der Waals surface area contributed by atoms with Crippen molar-refractivity contribution in [3.63, 3.8) is 0 Å². The van der Waals surface area contributed by atoms with Crippen molar-refractivity contribution in [3.8, 4) is 0 Å². The minimum atomic E-state index is -2.97. The van der Waals surface area contributed by atoms with E-state index in [0.717, 1.165) is 26.7 Å². The molecular formula is C38H40N2O6Si. The van der Waals surface area contributed by atoms with E-state index in [-0.39, 0.29) is 11.6 Å². The van der Waals surface area contributed by atoms with E-state index in [2.05, 4.69) is 105 Å². The quantitative estimate of drug-likeness (QED) is 0.229. The molecule has 47 heavy (non-hydrogen) atoms. The number of hydrogen-bond donors (Lipinski definition) is 1. The van der Waals surface area contributed by atoms with Crippen molar-refractivity contribution in [3.05, 3.63) is 142 Å². The number of H-pyrrole nitrogens is 1. The molecule has 1 aromatic heterocycles. The molecule has 0 saturated carbocycles. The first-order valence-corrected chi connectivity index (χ1v) is 18.0. The summed E-state index contributed by atoms with van der Waals surface area (Å²) in [4.78, 5) is 27.3. The molecule has 0 amide bonds. The Morgan fingerprint density at radius 2 is 1.49 bits per heavy atom. The lowest BCUT2D eigenvalue weighted by Crippen LogP contribution is -2.68. The van der Waals surface area contributed by atoms with Crippen LogP contribution in [0, 0.1) is 0 Å². The van der Waals surface area contributed by atoms with Gasteiger partial charge in [-0.3, -0.25) is 14.3 Å². The van der Waals surface area contributed by atoms with Crippen LogP contribution in [0.5, 0.6) is 0 Å². The molecule has 1 N–H and O–H groups in total. The summed E-state index contributed by atoms with van der Waals surface area (Å²) in [5, 5.41) is 4.33. The van der Waals surface area contributed by atoms with Gasteiger partial charge in [-0.1, -0.05) is 118 Å². The Balaban J connectivity index is 1.29. The lowest BCUT2D eigenvalue weighted by atomic mass is 9.94. The minimum Gasteiger partial charge on any atom is -0.404 e. The topological polar surface area (TPSA) is 91.8 Å². The molecule has 0 radical (unpaired) electrons. The van der Waals surface area contributed by atoms with Gasteiger partial charge in [0.25, 0.3) is 13.9 Å². The first-order valence-electron chi connectivity index (χ1n) is 16.1. The average molecular weight is 649 g/mol. The number of ether oxygens (including phenoxy) is 3. The maximum absolute atomic E-state index is 13.0. The van der Waals surface area contributed by atoms with Crippen LogP contribution >= 0.6 is 0 Å². The highest BCUT2D eigenvalue weighted by Gasteiger charge is 2.68. The maximum Gasteiger partial charge on any atom is 0.330 e. The second kappa shape index (κ2) is 12.2. The standard InChI is InChI=1S/C38H40N2O6Si/c1-26-38(25-44-47(37(2,3)4,30-15-7-5-8-16-30)31-17-9-6-10-18-31)34(43-24-27-19-20-28-13-11-12-14-29(28)23-27)33(45-26)35(46-38)40-22-21-32(41)39-36(40)42/h5-23,26,33-35H,24-25H2,1-4H3,(H,39,41,42)/t26-,33-,34+,35-,38+/m1/s1. The molecule has 2 aliphatic heterocycles. The Bertz CT molecular complexity index is 1950. The number of rotatable bonds is 9. The zero-order valence-electron chi connectivity index (χ0n) is 27.1. The molecule has 0 aliphatic carbocycles. The van der Waals surface area contributed by atoms with Gasteiger partial charge in [-0.05, 0) is 44.7 Å². The molecule has 2 aliphatic rings. The summed E-state index contributed by atoms with van der Waals surface area (Å²) in [6.45, 7) is 9.18. The Kier molecular flexibility index (Phi) is 8.14. The summed E-state index contributed by atoms with van der Waals surface area (Å²) in [6.07, 6.45) is -0.942. The van der Waals surface area contributed by atoms with Crippen LogP contribution in [-0.4, -0.2) is 48.4 Å². The van der Waals surface area contributed by atoms with Gasteiger partial charge in [0.2, 0.25) is 0 Å². The Morgan fingerprint density at radius 1 is 0.851 bits per heavy atom. The van der Waals surface area contributed by atoms with Crippen LogP contribution in [-0.2, 0) is 25.2 Å². The molecule has 9 heteroatoms. The zero-order chi connectivity index (χ0) is 32.8. The summed E-state index contributed by atoms with van der Waals surface area (Å²) in [7, 11) is -2.97. The molecule has 8 nitrogen and oxygen atoms in total. The van der Waals surface area contributed by atoms with E-state index in [0.29, 0.717) is 6.61 Å². The number of aromatic amines is 1. The SMILES string of the molecule is C[C@H]1O[C@H]2[C@H](n3ccc(=O)[nH]c3=O)O[C@]1(CO[Si](c1ccccc1)(c1ccccc1)C(C)(C)C)[C@H]2OCc1ccc2ccccc2c1. The third-order valence-electron chi connectivity index (χ3n) is 9.75. The number of nitrogens with one attached hydrogen (secondary N) is 1. The molecular weight excluding hydrogens is 609 g/mol. The second-order valence-corrected chi connectivity index (χ2v) is 17.9. The molecule has 0 unspecified atom stereocenters. The highest BCUT2D eigenvalue weighted by molar-refractivity contribution is 6.99. The van der Waals surface area contributed by atoms with Gasteiger partial charge in [0.1, 0.15) is 17.8 Å². The van der Waals surface area contributed by atoms with Gasteiger partial charge in [-0.25, -0.2) is 4.79 Å². The zero-order valence-corrected chi connectivity index (χ0v) is 28.1. The fraction of sp³-hybridized carbons (Fsp3) is 0.316. The first-order chi connectivity index (χ1) is 22.6. The molecule has 7 rings (SSSR count). The van der Waals surface area contributed by atoms with Gasteiger partial charge in [0.15, 0.2) is 6.23 Å². The number of hydrogen-bond acceptors (Lipinski definition) is 6. The smallest absolute Gasteiger partial charge is 0.330 e. The Morgan fingerprint density at radius 3 is 2.13 bits per heavy atom. The van der Waals surface area contributed by atoms with E-state index < -0.39 is 49.7 Å². The second-order valence-electron chi connectivity index (χ2n) is 13.6. The van der Waals surface area contributed by atoms with Crippen molar-refractivity contribution < 1.29 is 18.6 Å². The van der Waals surface area contributed by atoms with Crippen LogP contribution in [0.1, 0.15) is 39.5 Å². The van der Waals surface area contributed by atoms with E-state index >= 15 is 0 Å². The monoisotopic (exact) mass is 648 g/mol. The van der Waals surface area contributed by atoms with E-state index in [4.69, 9.17) is 18.6 Å². The van der Waals surface area contributed by atoms with E-state index in [9.17, 15) is 9.59 Å². The van der Waals surface area contributed by atoms with Crippen molar-refractivity contribution in [2.24, 2.45) is 0 Å².